The molecule has 1 amide bonds. The van der Waals surface area contributed by atoms with Crippen molar-refractivity contribution in [2.75, 3.05) is 12.0 Å². The van der Waals surface area contributed by atoms with Gasteiger partial charge in [0.05, 0.1) is 0 Å². The lowest BCUT2D eigenvalue weighted by Gasteiger charge is -2.37. The molecule has 1 aromatic rings. The molecule has 2 heterocycles. The van der Waals surface area contributed by atoms with E-state index < -0.39 is 0 Å². The number of hydrogen-bond acceptors (Lipinski definition) is 4. The van der Waals surface area contributed by atoms with Crippen LogP contribution < -0.4 is 11.3 Å². The van der Waals surface area contributed by atoms with Gasteiger partial charge in [0, 0.05) is 12.6 Å². The summed E-state index contributed by atoms with van der Waals surface area (Å²) in [6, 6.07) is 5.52. The lowest BCUT2D eigenvalue weighted by molar-refractivity contribution is 0.0545. The Balaban J connectivity index is 2.19. The summed E-state index contributed by atoms with van der Waals surface area (Å²) in [6.45, 7) is 5.11. The molecule has 2 atom stereocenters. The molecule has 98 valence electrons. The van der Waals surface area contributed by atoms with Crippen LogP contribution in [0.4, 0.5) is 5.82 Å². The molecule has 18 heavy (non-hydrogen) atoms. The van der Waals surface area contributed by atoms with E-state index in [4.69, 9.17) is 5.84 Å². The number of hydrazine groups is 1. The Morgan fingerprint density at radius 1 is 1.50 bits per heavy atom. The third-order valence-corrected chi connectivity index (χ3v) is 3.75. The van der Waals surface area contributed by atoms with E-state index in [1.165, 1.54) is 6.42 Å². The minimum atomic E-state index is -0.00819. The van der Waals surface area contributed by atoms with Crippen molar-refractivity contribution in [2.24, 2.45) is 11.8 Å². The number of nitrogens with two attached hydrogens (primary N) is 1. The minimum absolute atomic E-state index is 0.00819. The zero-order chi connectivity index (χ0) is 13.1. The number of carbonyl (C=O) groups is 1. The zero-order valence-electron chi connectivity index (χ0n) is 10.9. The number of nitrogen functional groups attached to an aromatic ring is 1. The third kappa shape index (κ3) is 2.46. The first kappa shape index (κ1) is 12.8. The molecule has 5 heteroatoms. The molecule has 0 bridgehead atoms. The number of nitrogens with one attached hydrogen (secondary N) is 1. The number of piperidine rings is 1. The van der Waals surface area contributed by atoms with Crippen molar-refractivity contribution >= 4 is 11.7 Å². The molecule has 0 aliphatic carbocycles. The first-order chi connectivity index (χ1) is 8.63. The maximum absolute atomic E-state index is 12.4. The number of rotatable bonds is 2. The van der Waals surface area contributed by atoms with Crippen LogP contribution in [0, 0.1) is 5.92 Å². The number of amides is 1. The van der Waals surface area contributed by atoms with Crippen LogP contribution in [0.3, 0.4) is 0 Å². The highest BCUT2D eigenvalue weighted by atomic mass is 16.2. The molecule has 1 aliphatic rings. The third-order valence-electron chi connectivity index (χ3n) is 3.75. The maximum atomic E-state index is 12.4. The van der Waals surface area contributed by atoms with Crippen molar-refractivity contribution in [1.82, 2.24) is 9.88 Å². The Hall–Kier alpha value is -1.62. The van der Waals surface area contributed by atoms with E-state index in [0.717, 1.165) is 13.0 Å². The van der Waals surface area contributed by atoms with Gasteiger partial charge in [-0.15, -0.1) is 0 Å². The van der Waals surface area contributed by atoms with Crippen molar-refractivity contribution in [1.29, 1.82) is 0 Å². The first-order valence-corrected chi connectivity index (χ1v) is 6.38. The summed E-state index contributed by atoms with van der Waals surface area (Å²) in [5.74, 6) is 6.35. The molecule has 0 spiro atoms. The fourth-order valence-electron chi connectivity index (χ4n) is 2.40. The van der Waals surface area contributed by atoms with Crippen LogP contribution in [0.2, 0.25) is 0 Å². The second-order valence-corrected chi connectivity index (χ2v) is 4.91. The molecule has 2 unspecified atom stereocenters. The summed E-state index contributed by atoms with van der Waals surface area (Å²) in [5, 5.41) is 0. The Morgan fingerprint density at radius 2 is 2.28 bits per heavy atom. The number of anilines is 1. The van der Waals surface area contributed by atoms with E-state index in [0.29, 0.717) is 17.4 Å². The zero-order valence-corrected chi connectivity index (χ0v) is 10.9. The van der Waals surface area contributed by atoms with Gasteiger partial charge in [0.15, 0.2) is 0 Å². The molecule has 1 saturated heterocycles. The highest BCUT2D eigenvalue weighted by Gasteiger charge is 2.29. The van der Waals surface area contributed by atoms with Gasteiger partial charge < -0.3 is 10.3 Å². The molecule has 0 radical (unpaired) electrons. The summed E-state index contributed by atoms with van der Waals surface area (Å²) >= 11 is 0. The van der Waals surface area contributed by atoms with E-state index in [9.17, 15) is 4.79 Å². The Morgan fingerprint density at radius 3 is 3.00 bits per heavy atom. The van der Waals surface area contributed by atoms with Crippen molar-refractivity contribution in [3.8, 4) is 0 Å². The SMILES string of the molecule is CC1CCCN(C(=O)c2cccc(NN)n2)C1C. The largest absolute Gasteiger partial charge is 0.334 e. The molecular weight excluding hydrogens is 228 g/mol. The van der Waals surface area contributed by atoms with E-state index in [1.807, 2.05) is 4.90 Å². The number of likely N-dealkylation sites (tertiary alicyclic amines) is 1. The number of pyridine rings is 1. The van der Waals surface area contributed by atoms with Crippen LogP contribution in [0.1, 0.15) is 37.2 Å². The number of aromatic nitrogens is 1. The average Bonchev–Trinajstić information content (AvgIpc) is 2.41. The molecule has 0 aromatic carbocycles. The van der Waals surface area contributed by atoms with Gasteiger partial charge in [-0.25, -0.2) is 10.8 Å². The van der Waals surface area contributed by atoms with Gasteiger partial charge in [0.1, 0.15) is 11.5 Å². The second-order valence-electron chi connectivity index (χ2n) is 4.91. The van der Waals surface area contributed by atoms with Crippen molar-refractivity contribution < 1.29 is 4.79 Å². The number of carbonyl (C=O) groups excluding carboxylic acids is 1. The smallest absolute Gasteiger partial charge is 0.272 e. The molecule has 1 aliphatic heterocycles. The average molecular weight is 248 g/mol. The maximum Gasteiger partial charge on any atom is 0.272 e. The van der Waals surface area contributed by atoms with Crippen LogP contribution >= 0.6 is 0 Å². The predicted octanol–water partition coefficient (Wildman–Crippen LogP) is 1.63. The lowest BCUT2D eigenvalue weighted by Crippen LogP contribution is -2.46. The highest BCUT2D eigenvalue weighted by Crippen LogP contribution is 2.24. The molecular formula is C13H20N4O. The number of hydrogen-bond donors (Lipinski definition) is 2. The van der Waals surface area contributed by atoms with E-state index in [1.54, 1.807) is 18.2 Å². The Labute approximate surface area is 107 Å². The van der Waals surface area contributed by atoms with Gasteiger partial charge in [-0.05, 0) is 37.8 Å². The Bertz CT molecular complexity index is 435. The van der Waals surface area contributed by atoms with Gasteiger partial charge in [0.25, 0.3) is 5.91 Å². The molecule has 0 saturated carbocycles. The first-order valence-electron chi connectivity index (χ1n) is 6.38. The van der Waals surface area contributed by atoms with E-state index >= 15 is 0 Å². The lowest BCUT2D eigenvalue weighted by atomic mass is 9.92. The monoisotopic (exact) mass is 248 g/mol. The fraction of sp³-hybridized carbons (Fsp3) is 0.538. The predicted molar refractivity (Wildman–Crippen MR) is 70.9 cm³/mol. The number of nitrogens with zero attached hydrogens (tertiary/aromatic N) is 2. The molecule has 5 nitrogen and oxygen atoms in total. The van der Waals surface area contributed by atoms with Gasteiger partial charge in [-0.1, -0.05) is 13.0 Å². The molecule has 1 aromatic heterocycles. The van der Waals surface area contributed by atoms with Crippen molar-refractivity contribution in [3.05, 3.63) is 23.9 Å². The summed E-state index contributed by atoms with van der Waals surface area (Å²) < 4.78 is 0. The van der Waals surface area contributed by atoms with Crippen LogP contribution in [0.5, 0.6) is 0 Å². The van der Waals surface area contributed by atoms with Crippen LogP contribution in [0.25, 0.3) is 0 Å². The highest BCUT2D eigenvalue weighted by molar-refractivity contribution is 5.93. The van der Waals surface area contributed by atoms with Crippen molar-refractivity contribution in [3.63, 3.8) is 0 Å². The van der Waals surface area contributed by atoms with E-state index in [-0.39, 0.29) is 11.9 Å². The quantitative estimate of drug-likeness (QED) is 0.616. The normalized spacial score (nSPS) is 23.8. The van der Waals surface area contributed by atoms with Gasteiger partial charge >= 0.3 is 0 Å². The van der Waals surface area contributed by atoms with Crippen molar-refractivity contribution in [2.45, 2.75) is 32.7 Å². The van der Waals surface area contributed by atoms with Gasteiger partial charge in [0.2, 0.25) is 0 Å². The van der Waals surface area contributed by atoms with E-state index in [2.05, 4.69) is 24.3 Å². The van der Waals surface area contributed by atoms with Gasteiger partial charge in [-0.2, -0.15) is 0 Å². The summed E-state index contributed by atoms with van der Waals surface area (Å²) in [5.41, 5.74) is 2.91. The topological polar surface area (TPSA) is 71.2 Å². The molecule has 2 rings (SSSR count). The minimum Gasteiger partial charge on any atom is -0.334 e. The second kappa shape index (κ2) is 5.35. The Kier molecular flexibility index (Phi) is 3.81. The standard InChI is InChI=1S/C13H20N4O/c1-9-5-4-8-17(10(9)2)13(18)11-6-3-7-12(15-11)16-14/h3,6-7,9-10H,4-5,8,14H2,1-2H3,(H,15,16). The fourth-order valence-corrected chi connectivity index (χ4v) is 2.40. The summed E-state index contributed by atoms with van der Waals surface area (Å²) in [4.78, 5) is 18.5. The van der Waals surface area contributed by atoms with Gasteiger partial charge in [-0.3, -0.25) is 4.79 Å². The summed E-state index contributed by atoms with van der Waals surface area (Å²) in [7, 11) is 0. The molecule has 3 N–H and O–H groups in total. The van der Waals surface area contributed by atoms with Crippen LogP contribution in [-0.4, -0.2) is 28.4 Å². The van der Waals surface area contributed by atoms with Crippen LogP contribution in [-0.2, 0) is 0 Å². The summed E-state index contributed by atoms with van der Waals surface area (Å²) in [6.07, 6.45) is 2.24. The molecule has 1 fully saturated rings. The van der Waals surface area contributed by atoms with Crippen LogP contribution in [0.15, 0.2) is 18.2 Å².